The van der Waals surface area contributed by atoms with E-state index in [1.165, 1.54) is 4.88 Å². The van der Waals surface area contributed by atoms with E-state index in [1.807, 2.05) is 19.9 Å². The van der Waals surface area contributed by atoms with Crippen LogP contribution >= 0.6 is 11.3 Å². The molecule has 0 aliphatic carbocycles. The fourth-order valence-corrected chi connectivity index (χ4v) is 1.28. The normalized spacial score (nSPS) is 8.38. The van der Waals surface area contributed by atoms with E-state index in [0.29, 0.717) is 5.92 Å². The van der Waals surface area contributed by atoms with Crippen molar-refractivity contribution in [3.63, 3.8) is 0 Å². The zero-order valence-corrected chi connectivity index (χ0v) is 9.74. The Labute approximate surface area is 86.0 Å². The number of hydrogen-bond donors (Lipinski definition) is 0. The van der Waals surface area contributed by atoms with Gasteiger partial charge < -0.3 is 0 Å². The summed E-state index contributed by atoms with van der Waals surface area (Å²) >= 11 is 1.70. The summed E-state index contributed by atoms with van der Waals surface area (Å²) in [6.07, 6.45) is 0.998. The fourth-order valence-electron chi connectivity index (χ4n) is 0.692. The molecule has 0 spiro atoms. The Morgan fingerprint density at radius 3 is 2.54 bits per heavy atom. The molecule has 13 heavy (non-hydrogen) atoms. The molecule has 0 aliphatic rings. The first-order valence-corrected chi connectivity index (χ1v) is 5.69. The van der Waals surface area contributed by atoms with Crippen LogP contribution in [0.3, 0.4) is 0 Å². The lowest BCUT2D eigenvalue weighted by Gasteiger charge is -1.91. The molecule has 0 atom stereocenters. The Morgan fingerprint density at radius 1 is 1.38 bits per heavy atom. The average molecular weight is 194 g/mol. The standard InChI is InChI=1S/C10H12S.C2H6/c1-9(2)5-3-6-10-7-4-8-11-10;1-2/h4,7-9H,5H2,1-2H3;1-2H3. The van der Waals surface area contributed by atoms with Crippen LogP contribution in [-0.4, -0.2) is 0 Å². The predicted octanol–water partition coefficient (Wildman–Crippen LogP) is 4.17. The Morgan fingerprint density at radius 2 is 2.08 bits per heavy atom. The molecule has 0 aliphatic heterocycles. The number of rotatable bonds is 1. The first-order chi connectivity index (χ1) is 6.29. The third kappa shape index (κ3) is 6.42. The second kappa shape index (κ2) is 7.89. The second-order valence-corrected chi connectivity index (χ2v) is 3.82. The molecule has 0 nitrogen and oxygen atoms in total. The molecule has 0 aromatic carbocycles. The van der Waals surface area contributed by atoms with Gasteiger partial charge in [-0.15, -0.1) is 11.3 Å². The minimum absolute atomic E-state index is 0.683. The van der Waals surface area contributed by atoms with Crippen molar-refractivity contribution in [2.75, 3.05) is 0 Å². The van der Waals surface area contributed by atoms with Crippen molar-refractivity contribution in [2.45, 2.75) is 34.1 Å². The highest BCUT2D eigenvalue weighted by molar-refractivity contribution is 7.10. The molecular weight excluding hydrogens is 176 g/mol. The Balaban J connectivity index is 0.000000671. The van der Waals surface area contributed by atoms with Crippen LogP contribution in [-0.2, 0) is 0 Å². The molecule has 72 valence electrons. The molecule has 1 heterocycles. The van der Waals surface area contributed by atoms with Crippen LogP contribution in [0.25, 0.3) is 0 Å². The van der Waals surface area contributed by atoms with Gasteiger partial charge in [0.1, 0.15) is 0 Å². The van der Waals surface area contributed by atoms with Crippen molar-refractivity contribution in [1.82, 2.24) is 0 Å². The summed E-state index contributed by atoms with van der Waals surface area (Å²) in [6, 6.07) is 4.09. The molecule has 0 bridgehead atoms. The van der Waals surface area contributed by atoms with E-state index in [1.54, 1.807) is 11.3 Å². The molecule has 1 aromatic heterocycles. The van der Waals surface area contributed by atoms with Gasteiger partial charge in [0.2, 0.25) is 0 Å². The SMILES string of the molecule is CC.CC(C)CC#Cc1cccs1. The summed E-state index contributed by atoms with van der Waals surface area (Å²) in [7, 11) is 0. The molecule has 0 N–H and O–H groups in total. The average Bonchev–Trinajstić information content (AvgIpc) is 2.60. The zero-order chi connectivity index (χ0) is 10.1. The minimum Gasteiger partial charge on any atom is -0.135 e. The lowest BCUT2D eigenvalue weighted by molar-refractivity contribution is 0.676. The number of hydrogen-bond acceptors (Lipinski definition) is 1. The molecule has 0 unspecified atom stereocenters. The molecule has 0 saturated carbocycles. The van der Waals surface area contributed by atoms with Gasteiger partial charge >= 0.3 is 0 Å². The van der Waals surface area contributed by atoms with Gasteiger partial charge in [-0.3, -0.25) is 0 Å². The van der Waals surface area contributed by atoms with Gasteiger partial charge in [-0.05, 0) is 17.4 Å². The van der Waals surface area contributed by atoms with Crippen LogP contribution in [0.4, 0.5) is 0 Å². The molecule has 1 aromatic rings. The first kappa shape index (κ1) is 12.3. The maximum absolute atomic E-state index is 3.15. The van der Waals surface area contributed by atoms with E-state index in [4.69, 9.17) is 0 Å². The van der Waals surface area contributed by atoms with Crippen LogP contribution in [0.15, 0.2) is 17.5 Å². The van der Waals surface area contributed by atoms with Crippen LogP contribution in [0, 0.1) is 17.8 Å². The maximum Gasteiger partial charge on any atom is 0.0768 e. The molecular formula is C12H18S. The third-order valence-electron chi connectivity index (χ3n) is 1.24. The highest BCUT2D eigenvalue weighted by Crippen LogP contribution is 2.06. The van der Waals surface area contributed by atoms with E-state index in [0.717, 1.165) is 6.42 Å². The van der Waals surface area contributed by atoms with Crippen LogP contribution in [0.2, 0.25) is 0 Å². The van der Waals surface area contributed by atoms with Crippen molar-refractivity contribution in [1.29, 1.82) is 0 Å². The smallest absolute Gasteiger partial charge is 0.0768 e. The predicted molar refractivity (Wildman–Crippen MR) is 62.0 cm³/mol. The highest BCUT2D eigenvalue weighted by atomic mass is 32.1. The number of thiophene rings is 1. The molecule has 0 amide bonds. The van der Waals surface area contributed by atoms with Gasteiger partial charge in [-0.2, -0.15) is 0 Å². The lowest BCUT2D eigenvalue weighted by Crippen LogP contribution is -1.81. The summed E-state index contributed by atoms with van der Waals surface area (Å²) in [5.41, 5.74) is 0. The lowest BCUT2D eigenvalue weighted by atomic mass is 10.1. The molecule has 1 rings (SSSR count). The van der Waals surface area contributed by atoms with Gasteiger partial charge in [0.25, 0.3) is 0 Å². The molecule has 1 heteroatoms. The molecule has 0 saturated heterocycles. The van der Waals surface area contributed by atoms with Crippen molar-refractivity contribution in [3.8, 4) is 11.8 Å². The van der Waals surface area contributed by atoms with Gasteiger partial charge in [0, 0.05) is 6.42 Å². The summed E-state index contributed by atoms with van der Waals surface area (Å²) in [5.74, 6) is 6.95. The summed E-state index contributed by atoms with van der Waals surface area (Å²) in [5, 5.41) is 2.05. The quantitative estimate of drug-likeness (QED) is 0.589. The van der Waals surface area contributed by atoms with Crippen molar-refractivity contribution >= 4 is 11.3 Å². The summed E-state index contributed by atoms with van der Waals surface area (Å²) in [6.45, 7) is 8.37. The van der Waals surface area contributed by atoms with Crippen LogP contribution in [0.1, 0.15) is 39.0 Å². The minimum atomic E-state index is 0.683. The van der Waals surface area contributed by atoms with Gasteiger partial charge in [0.15, 0.2) is 0 Å². The van der Waals surface area contributed by atoms with E-state index < -0.39 is 0 Å². The molecule has 0 radical (unpaired) electrons. The summed E-state index contributed by atoms with van der Waals surface area (Å²) < 4.78 is 0. The third-order valence-corrected chi connectivity index (χ3v) is 2.03. The highest BCUT2D eigenvalue weighted by Gasteiger charge is 1.87. The van der Waals surface area contributed by atoms with Gasteiger partial charge in [-0.1, -0.05) is 45.6 Å². The summed E-state index contributed by atoms with van der Waals surface area (Å²) in [4.78, 5) is 1.17. The Bertz CT molecular complexity index is 246. The zero-order valence-electron chi connectivity index (χ0n) is 8.92. The first-order valence-electron chi connectivity index (χ1n) is 4.81. The van der Waals surface area contributed by atoms with Gasteiger partial charge in [-0.25, -0.2) is 0 Å². The van der Waals surface area contributed by atoms with E-state index in [-0.39, 0.29) is 0 Å². The Kier molecular flexibility index (Phi) is 7.44. The van der Waals surface area contributed by atoms with Gasteiger partial charge in [0.05, 0.1) is 4.88 Å². The van der Waals surface area contributed by atoms with Crippen molar-refractivity contribution in [2.24, 2.45) is 5.92 Å². The fraction of sp³-hybridized carbons (Fsp3) is 0.500. The van der Waals surface area contributed by atoms with E-state index >= 15 is 0 Å². The van der Waals surface area contributed by atoms with E-state index in [2.05, 4.69) is 37.1 Å². The topological polar surface area (TPSA) is 0 Å². The van der Waals surface area contributed by atoms with Crippen LogP contribution in [0.5, 0.6) is 0 Å². The van der Waals surface area contributed by atoms with Crippen molar-refractivity contribution in [3.05, 3.63) is 22.4 Å². The largest absolute Gasteiger partial charge is 0.135 e. The van der Waals surface area contributed by atoms with Crippen molar-refractivity contribution < 1.29 is 0 Å². The monoisotopic (exact) mass is 194 g/mol. The van der Waals surface area contributed by atoms with Crippen LogP contribution < -0.4 is 0 Å². The molecule has 0 fully saturated rings. The second-order valence-electron chi connectivity index (χ2n) is 2.88. The Hall–Kier alpha value is -0.740. The maximum atomic E-state index is 3.15. The van der Waals surface area contributed by atoms with E-state index in [9.17, 15) is 0 Å².